The van der Waals surface area contributed by atoms with E-state index in [1.54, 1.807) is 7.11 Å². The van der Waals surface area contributed by atoms with E-state index < -0.39 is 0 Å². The van der Waals surface area contributed by atoms with Crippen LogP contribution in [0.15, 0.2) is 29.1 Å². The van der Waals surface area contributed by atoms with Gasteiger partial charge in [-0.1, -0.05) is 12.1 Å². The van der Waals surface area contributed by atoms with Crippen LogP contribution in [0.3, 0.4) is 0 Å². The zero-order valence-corrected chi connectivity index (χ0v) is 14.6. The summed E-state index contributed by atoms with van der Waals surface area (Å²) in [5, 5.41) is 1.85. The highest BCUT2D eigenvalue weighted by atomic mass is 35.5. The molecule has 1 N–H and O–H groups in total. The topological polar surface area (TPSA) is 45.3 Å². The molecule has 0 aliphatic carbocycles. The highest BCUT2D eigenvalue weighted by Gasteiger charge is 2.23. The number of benzene rings is 1. The quantitative estimate of drug-likeness (QED) is 0.913. The summed E-state index contributed by atoms with van der Waals surface area (Å²) >= 11 is 0. The lowest BCUT2D eigenvalue weighted by atomic mass is 10.1. The van der Waals surface area contributed by atoms with Gasteiger partial charge in [-0.05, 0) is 49.4 Å². The highest BCUT2D eigenvalue weighted by Crippen LogP contribution is 2.19. The predicted octanol–water partition coefficient (Wildman–Crippen LogP) is 2.91. The molecule has 1 aromatic heterocycles. The molecule has 23 heavy (non-hydrogen) atoms. The van der Waals surface area contributed by atoms with Crippen LogP contribution in [0.4, 0.5) is 0 Å². The number of likely N-dealkylation sites (tertiary alicyclic amines) is 1. The van der Waals surface area contributed by atoms with Gasteiger partial charge in [-0.2, -0.15) is 0 Å². The zero-order chi connectivity index (χ0) is 15.5. The minimum absolute atomic E-state index is 0. The molecule has 1 aromatic carbocycles. The maximum Gasteiger partial charge on any atom is 0.256 e. The van der Waals surface area contributed by atoms with Gasteiger partial charge in [0.1, 0.15) is 0 Å². The molecule has 4 nitrogen and oxygen atoms in total. The van der Waals surface area contributed by atoms with Gasteiger partial charge in [0, 0.05) is 37.2 Å². The van der Waals surface area contributed by atoms with Crippen molar-refractivity contribution in [3.8, 4) is 0 Å². The maximum atomic E-state index is 12.2. The molecule has 0 saturated carbocycles. The normalized spacial score (nSPS) is 18.3. The molecular formula is C18H25ClN2O2. The van der Waals surface area contributed by atoms with Crippen LogP contribution in [-0.4, -0.2) is 42.7 Å². The molecular weight excluding hydrogens is 312 g/mol. The molecule has 0 spiro atoms. The van der Waals surface area contributed by atoms with Crippen LogP contribution in [0.1, 0.15) is 24.1 Å². The van der Waals surface area contributed by atoms with Crippen molar-refractivity contribution in [2.24, 2.45) is 0 Å². The first kappa shape index (κ1) is 18.0. The van der Waals surface area contributed by atoms with Crippen LogP contribution in [0.2, 0.25) is 0 Å². The fourth-order valence-electron chi connectivity index (χ4n) is 3.46. The molecule has 3 rings (SSSR count). The molecule has 0 amide bonds. The second-order valence-electron chi connectivity index (χ2n) is 6.20. The van der Waals surface area contributed by atoms with E-state index in [0.29, 0.717) is 6.04 Å². The van der Waals surface area contributed by atoms with Gasteiger partial charge in [0.2, 0.25) is 0 Å². The van der Waals surface area contributed by atoms with E-state index in [1.165, 1.54) is 12.8 Å². The molecule has 0 radical (unpaired) electrons. The number of nitrogens with one attached hydrogen (secondary N) is 1. The van der Waals surface area contributed by atoms with Gasteiger partial charge in [0.25, 0.3) is 5.56 Å². The fourth-order valence-corrected chi connectivity index (χ4v) is 3.46. The summed E-state index contributed by atoms with van der Waals surface area (Å²) in [7, 11) is 1.76. The van der Waals surface area contributed by atoms with Crippen molar-refractivity contribution >= 4 is 23.2 Å². The Kier molecular flexibility index (Phi) is 6.22. The molecule has 1 saturated heterocycles. The number of methoxy groups -OCH3 is 1. The molecule has 2 aromatic rings. The summed E-state index contributed by atoms with van der Waals surface area (Å²) < 4.78 is 5.30. The smallest absolute Gasteiger partial charge is 0.256 e. The first-order valence-electron chi connectivity index (χ1n) is 8.03. The average molecular weight is 337 g/mol. The Morgan fingerprint density at radius 3 is 2.96 bits per heavy atom. The minimum Gasteiger partial charge on any atom is -0.383 e. The van der Waals surface area contributed by atoms with E-state index >= 15 is 0 Å². The first-order valence-corrected chi connectivity index (χ1v) is 8.03. The Morgan fingerprint density at radius 2 is 2.17 bits per heavy atom. The third-order valence-corrected chi connectivity index (χ3v) is 4.69. The lowest BCUT2D eigenvalue weighted by molar-refractivity contribution is 0.116. The molecule has 1 aliphatic heterocycles. The molecule has 1 fully saturated rings. The number of fused-ring (bicyclic) bond motifs is 1. The van der Waals surface area contributed by atoms with Gasteiger partial charge in [-0.3, -0.25) is 9.69 Å². The van der Waals surface area contributed by atoms with Gasteiger partial charge >= 0.3 is 0 Å². The number of aryl methyl sites for hydroxylation is 1. The second-order valence-corrected chi connectivity index (χ2v) is 6.20. The second kappa shape index (κ2) is 7.95. The van der Waals surface area contributed by atoms with Crippen LogP contribution < -0.4 is 5.56 Å². The Labute approximate surface area is 143 Å². The highest BCUT2D eigenvalue weighted by molar-refractivity contribution is 5.85. The molecule has 2 heterocycles. The lowest BCUT2D eigenvalue weighted by Gasteiger charge is -2.23. The molecule has 0 unspecified atom stereocenters. The lowest BCUT2D eigenvalue weighted by Crippen LogP contribution is -2.34. The Bertz CT molecular complexity index is 714. The molecule has 1 aliphatic rings. The van der Waals surface area contributed by atoms with Crippen molar-refractivity contribution in [2.75, 3.05) is 26.8 Å². The van der Waals surface area contributed by atoms with E-state index in [9.17, 15) is 4.79 Å². The third-order valence-electron chi connectivity index (χ3n) is 4.69. The van der Waals surface area contributed by atoms with E-state index in [-0.39, 0.29) is 18.0 Å². The Balaban J connectivity index is 0.00000192. The minimum atomic E-state index is 0. The van der Waals surface area contributed by atoms with Gasteiger partial charge < -0.3 is 9.72 Å². The largest absolute Gasteiger partial charge is 0.383 e. The van der Waals surface area contributed by atoms with E-state index in [0.717, 1.165) is 48.1 Å². The Morgan fingerprint density at radius 1 is 1.35 bits per heavy atom. The van der Waals surface area contributed by atoms with E-state index in [2.05, 4.69) is 28.9 Å². The van der Waals surface area contributed by atoms with Crippen LogP contribution in [0, 0.1) is 6.92 Å². The number of ether oxygens (including phenoxy) is 1. The third kappa shape index (κ3) is 3.94. The van der Waals surface area contributed by atoms with Crippen molar-refractivity contribution in [2.45, 2.75) is 32.2 Å². The van der Waals surface area contributed by atoms with Crippen LogP contribution in [-0.2, 0) is 11.2 Å². The molecule has 5 heteroatoms. The van der Waals surface area contributed by atoms with Gasteiger partial charge in [-0.25, -0.2) is 0 Å². The van der Waals surface area contributed by atoms with Crippen molar-refractivity contribution in [1.82, 2.24) is 9.88 Å². The van der Waals surface area contributed by atoms with Gasteiger partial charge in [-0.15, -0.1) is 12.4 Å². The predicted molar refractivity (Wildman–Crippen MR) is 96.7 cm³/mol. The number of hydrogen-bond acceptors (Lipinski definition) is 3. The summed E-state index contributed by atoms with van der Waals surface area (Å²) in [6.45, 7) is 4.96. The molecule has 126 valence electrons. The van der Waals surface area contributed by atoms with Crippen LogP contribution in [0.25, 0.3) is 10.8 Å². The van der Waals surface area contributed by atoms with Crippen LogP contribution in [0.5, 0.6) is 0 Å². The summed E-state index contributed by atoms with van der Waals surface area (Å²) in [6.07, 6.45) is 3.32. The van der Waals surface area contributed by atoms with Crippen molar-refractivity contribution in [3.63, 3.8) is 0 Å². The van der Waals surface area contributed by atoms with Gasteiger partial charge in [0.15, 0.2) is 0 Å². The number of rotatable bonds is 5. The molecule has 1 atom stereocenters. The van der Waals surface area contributed by atoms with Crippen molar-refractivity contribution in [3.05, 3.63) is 45.9 Å². The number of aromatic nitrogens is 1. The number of aromatic amines is 1. The number of hydrogen-bond donors (Lipinski definition) is 1. The summed E-state index contributed by atoms with van der Waals surface area (Å²) in [5.74, 6) is 0. The number of pyridine rings is 1. The standard InChI is InChI=1S/C18H24N2O2.ClH/c1-13-5-3-7-16-17(13)11-14(19-18(16)21)8-10-20-9-4-6-15(20)12-22-2;/h3,5,7,11,15H,4,6,8-10,12H2,1-2H3,(H,19,21);1H/t15-;/m1./s1. The Hall–Kier alpha value is -1.36. The average Bonchev–Trinajstić information content (AvgIpc) is 2.94. The van der Waals surface area contributed by atoms with Crippen molar-refractivity contribution < 1.29 is 4.74 Å². The number of halogens is 1. The van der Waals surface area contributed by atoms with E-state index in [1.807, 2.05) is 12.1 Å². The van der Waals surface area contributed by atoms with Crippen molar-refractivity contribution in [1.29, 1.82) is 0 Å². The summed E-state index contributed by atoms with van der Waals surface area (Å²) in [4.78, 5) is 17.7. The molecule has 0 bridgehead atoms. The number of nitrogens with zero attached hydrogens (tertiary/aromatic N) is 1. The summed E-state index contributed by atoms with van der Waals surface area (Å²) in [6, 6.07) is 8.54. The first-order chi connectivity index (χ1) is 10.7. The van der Waals surface area contributed by atoms with Crippen LogP contribution >= 0.6 is 12.4 Å². The maximum absolute atomic E-state index is 12.2. The number of H-pyrrole nitrogens is 1. The SMILES string of the molecule is COC[C@H]1CCCN1CCc1cc2c(C)cccc2c(=O)[nH]1.Cl. The fraction of sp³-hybridized carbons (Fsp3) is 0.500. The summed E-state index contributed by atoms with van der Waals surface area (Å²) in [5.41, 5.74) is 2.20. The van der Waals surface area contributed by atoms with E-state index in [4.69, 9.17) is 4.74 Å². The monoisotopic (exact) mass is 336 g/mol. The zero-order valence-electron chi connectivity index (χ0n) is 13.8. The van der Waals surface area contributed by atoms with Gasteiger partial charge in [0.05, 0.1) is 6.61 Å².